The van der Waals surface area contributed by atoms with Crippen molar-refractivity contribution < 1.29 is 9.90 Å². The van der Waals surface area contributed by atoms with E-state index in [9.17, 15) is 4.79 Å². The molecule has 0 bridgehead atoms. The molecule has 1 aliphatic carbocycles. The molecule has 0 radical (unpaired) electrons. The number of hydrogen-bond donors (Lipinski definition) is 1. The molecule has 2 unspecified atom stereocenters. The largest absolute Gasteiger partial charge is 0.481 e. The van der Waals surface area contributed by atoms with Crippen LogP contribution in [0.3, 0.4) is 0 Å². The Bertz CT molecular complexity index is 489. The molecule has 2 aliphatic rings. The molecule has 0 amide bonds. The number of aliphatic carboxylic acids is 1. The third-order valence-electron chi connectivity index (χ3n) is 4.19. The zero-order valence-corrected chi connectivity index (χ0v) is 10.9. The number of benzene rings is 1. The molecule has 2 atom stereocenters. The van der Waals surface area contributed by atoms with Gasteiger partial charge in [0.15, 0.2) is 0 Å². The fourth-order valence-corrected chi connectivity index (χ4v) is 3.52. The van der Waals surface area contributed by atoms with Gasteiger partial charge in [-0.15, -0.1) is 0 Å². The van der Waals surface area contributed by atoms with Gasteiger partial charge in [0, 0.05) is 17.6 Å². The topological polar surface area (TPSA) is 40.5 Å². The molecule has 0 saturated carbocycles. The fourth-order valence-electron chi connectivity index (χ4n) is 3.24. The van der Waals surface area contributed by atoms with Crippen molar-refractivity contribution in [3.8, 4) is 0 Å². The van der Waals surface area contributed by atoms with Crippen LogP contribution in [-0.2, 0) is 11.2 Å². The number of carboxylic acid groups (broad SMARTS) is 1. The highest BCUT2D eigenvalue weighted by Crippen LogP contribution is 2.40. The second-order valence-electron chi connectivity index (χ2n) is 5.18. The number of rotatable bonds is 2. The van der Waals surface area contributed by atoms with Gasteiger partial charge in [0.25, 0.3) is 0 Å². The minimum atomic E-state index is -0.665. The summed E-state index contributed by atoms with van der Waals surface area (Å²) < 4.78 is 0. The lowest BCUT2D eigenvalue weighted by Gasteiger charge is -2.24. The van der Waals surface area contributed by atoms with Gasteiger partial charge in [-0.05, 0) is 43.0 Å². The maximum absolute atomic E-state index is 11.0. The van der Waals surface area contributed by atoms with Crippen molar-refractivity contribution in [3.05, 3.63) is 34.3 Å². The third kappa shape index (κ3) is 1.91. The van der Waals surface area contributed by atoms with Crippen LogP contribution in [0, 0.1) is 5.92 Å². The number of carbonyl (C=O) groups is 1. The van der Waals surface area contributed by atoms with Crippen LogP contribution >= 0.6 is 11.6 Å². The Morgan fingerprint density at radius 2 is 2.22 bits per heavy atom. The normalized spacial score (nSPS) is 27.4. The van der Waals surface area contributed by atoms with Gasteiger partial charge in [-0.25, -0.2) is 0 Å². The van der Waals surface area contributed by atoms with Crippen LogP contribution in [0.15, 0.2) is 18.2 Å². The number of halogens is 1. The fraction of sp³-hybridized carbons (Fsp3) is 0.500. The van der Waals surface area contributed by atoms with E-state index in [-0.39, 0.29) is 5.92 Å². The Balaban J connectivity index is 1.81. The number of carboxylic acids is 1. The summed E-state index contributed by atoms with van der Waals surface area (Å²) in [5.74, 6) is -0.866. The van der Waals surface area contributed by atoms with Gasteiger partial charge in [0.1, 0.15) is 0 Å². The molecule has 1 N–H and O–H groups in total. The van der Waals surface area contributed by atoms with Crippen molar-refractivity contribution >= 4 is 17.6 Å². The molecule has 1 aromatic carbocycles. The summed E-state index contributed by atoms with van der Waals surface area (Å²) in [4.78, 5) is 13.3. The van der Waals surface area contributed by atoms with Crippen molar-refractivity contribution in [2.45, 2.75) is 25.3 Å². The first-order valence-electron chi connectivity index (χ1n) is 6.41. The Labute approximate surface area is 111 Å². The molecule has 1 saturated heterocycles. The van der Waals surface area contributed by atoms with Gasteiger partial charge >= 0.3 is 5.97 Å². The lowest BCUT2D eigenvalue weighted by Crippen LogP contribution is -2.26. The van der Waals surface area contributed by atoms with Crippen LogP contribution in [0.25, 0.3) is 0 Å². The van der Waals surface area contributed by atoms with E-state index >= 15 is 0 Å². The number of fused-ring (bicyclic) bond motifs is 1. The highest BCUT2D eigenvalue weighted by Gasteiger charge is 2.35. The predicted octanol–water partition coefficient (Wildman–Crippen LogP) is 2.73. The molecule has 4 heteroatoms. The number of nitrogens with zero attached hydrogens (tertiary/aromatic N) is 1. The van der Waals surface area contributed by atoms with Crippen LogP contribution in [0.1, 0.15) is 30.0 Å². The Morgan fingerprint density at radius 3 is 2.94 bits per heavy atom. The molecule has 1 fully saturated rings. The Hall–Kier alpha value is -1.06. The minimum Gasteiger partial charge on any atom is -0.481 e. The van der Waals surface area contributed by atoms with Gasteiger partial charge in [-0.1, -0.05) is 23.7 Å². The van der Waals surface area contributed by atoms with Crippen LogP contribution < -0.4 is 0 Å². The molecule has 96 valence electrons. The monoisotopic (exact) mass is 265 g/mol. The van der Waals surface area contributed by atoms with E-state index in [4.69, 9.17) is 16.7 Å². The average molecular weight is 266 g/mol. The van der Waals surface area contributed by atoms with E-state index in [1.165, 1.54) is 11.1 Å². The van der Waals surface area contributed by atoms with Crippen molar-refractivity contribution in [1.29, 1.82) is 0 Å². The highest BCUT2D eigenvalue weighted by atomic mass is 35.5. The summed E-state index contributed by atoms with van der Waals surface area (Å²) in [6.07, 6.45) is 2.83. The molecule has 3 nitrogen and oxygen atoms in total. The smallest absolute Gasteiger partial charge is 0.307 e. The molecule has 0 aromatic heterocycles. The van der Waals surface area contributed by atoms with Gasteiger partial charge < -0.3 is 5.11 Å². The molecule has 1 aromatic rings. The van der Waals surface area contributed by atoms with Gasteiger partial charge in [0.2, 0.25) is 0 Å². The highest BCUT2D eigenvalue weighted by molar-refractivity contribution is 6.31. The van der Waals surface area contributed by atoms with Gasteiger partial charge in [-0.3, -0.25) is 9.69 Å². The standard InChI is InChI=1S/C14H16ClNO2/c15-12-3-1-2-11-10(12)4-5-13(11)16-7-6-9(8-16)14(17)18/h1-3,9,13H,4-8H2,(H,17,18). The predicted molar refractivity (Wildman–Crippen MR) is 69.8 cm³/mol. The van der Waals surface area contributed by atoms with Gasteiger partial charge in [-0.2, -0.15) is 0 Å². The summed E-state index contributed by atoms with van der Waals surface area (Å²) in [7, 11) is 0. The average Bonchev–Trinajstić information content (AvgIpc) is 2.94. The quantitative estimate of drug-likeness (QED) is 0.894. The first kappa shape index (κ1) is 12.0. The molecular weight excluding hydrogens is 250 g/mol. The van der Waals surface area contributed by atoms with Crippen LogP contribution in [0.2, 0.25) is 5.02 Å². The lowest BCUT2D eigenvalue weighted by atomic mass is 10.1. The van der Waals surface area contributed by atoms with Crippen LogP contribution in [-0.4, -0.2) is 29.1 Å². The third-order valence-corrected chi connectivity index (χ3v) is 4.55. The van der Waals surface area contributed by atoms with E-state index in [1.54, 1.807) is 0 Å². The summed E-state index contributed by atoms with van der Waals surface area (Å²) >= 11 is 6.21. The SMILES string of the molecule is O=C(O)C1CCN(C2CCc3c(Cl)cccc32)C1. The molecule has 3 rings (SSSR count). The maximum atomic E-state index is 11.0. The van der Waals surface area contributed by atoms with E-state index < -0.39 is 5.97 Å². The molecule has 18 heavy (non-hydrogen) atoms. The second-order valence-corrected chi connectivity index (χ2v) is 5.59. The van der Waals surface area contributed by atoms with E-state index in [2.05, 4.69) is 11.0 Å². The summed E-state index contributed by atoms with van der Waals surface area (Å²) in [5, 5.41) is 9.92. The number of hydrogen-bond acceptors (Lipinski definition) is 2. The van der Waals surface area contributed by atoms with Gasteiger partial charge in [0.05, 0.1) is 5.92 Å². The molecule has 1 heterocycles. The van der Waals surface area contributed by atoms with E-state index in [0.717, 1.165) is 30.8 Å². The summed E-state index contributed by atoms with van der Waals surface area (Å²) in [5.41, 5.74) is 2.55. The maximum Gasteiger partial charge on any atom is 0.307 e. The second kappa shape index (κ2) is 4.56. The Morgan fingerprint density at radius 1 is 1.39 bits per heavy atom. The zero-order chi connectivity index (χ0) is 12.7. The summed E-state index contributed by atoms with van der Waals surface area (Å²) in [6, 6.07) is 6.42. The van der Waals surface area contributed by atoms with E-state index in [1.807, 2.05) is 12.1 Å². The zero-order valence-electron chi connectivity index (χ0n) is 10.1. The molecule has 0 spiro atoms. The van der Waals surface area contributed by atoms with Crippen molar-refractivity contribution in [1.82, 2.24) is 4.90 Å². The molecule has 1 aliphatic heterocycles. The first-order valence-corrected chi connectivity index (χ1v) is 6.78. The minimum absolute atomic E-state index is 0.201. The number of likely N-dealkylation sites (tertiary alicyclic amines) is 1. The van der Waals surface area contributed by atoms with E-state index in [0.29, 0.717) is 12.6 Å². The first-order chi connectivity index (χ1) is 8.66. The lowest BCUT2D eigenvalue weighted by molar-refractivity contribution is -0.141. The van der Waals surface area contributed by atoms with Crippen molar-refractivity contribution in [2.24, 2.45) is 5.92 Å². The van der Waals surface area contributed by atoms with Crippen molar-refractivity contribution in [3.63, 3.8) is 0 Å². The Kier molecular flexibility index (Phi) is 3.04. The van der Waals surface area contributed by atoms with Crippen molar-refractivity contribution in [2.75, 3.05) is 13.1 Å². The molecular formula is C14H16ClNO2. The van der Waals surface area contributed by atoms with Crippen LogP contribution in [0.5, 0.6) is 0 Å². The summed E-state index contributed by atoms with van der Waals surface area (Å²) in [6.45, 7) is 1.56. The van der Waals surface area contributed by atoms with Crippen LogP contribution in [0.4, 0.5) is 0 Å².